The SMILES string of the molecule is C=C(CC(=O)C(C)(C)c1ccc(P)cc1)C1=CCC(CC(=O)C(C)C(C)c2ccccc2)C=C1. The Morgan fingerprint density at radius 2 is 1.71 bits per heavy atom. The Morgan fingerprint density at radius 3 is 2.29 bits per heavy atom. The van der Waals surface area contributed by atoms with Crippen LogP contribution in [0, 0.1) is 11.8 Å². The molecule has 178 valence electrons. The van der Waals surface area contributed by atoms with Crippen molar-refractivity contribution in [2.24, 2.45) is 11.8 Å². The van der Waals surface area contributed by atoms with E-state index in [2.05, 4.69) is 47.0 Å². The molecule has 1 aliphatic rings. The van der Waals surface area contributed by atoms with Crippen molar-refractivity contribution in [1.82, 2.24) is 0 Å². The fourth-order valence-corrected chi connectivity index (χ4v) is 4.62. The van der Waals surface area contributed by atoms with Crippen LogP contribution in [0.5, 0.6) is 0 Å². The van der Waals surface area contributed by atoms with Gasteiger partial charge in [-0.2, -0.15) is 0 Å². The van der Waals surface area contributed by atoms with Crippen LogP contribution in [-0.4, -0.2) is 11.6 Å². The standard InChI is InChI=1S/C31H37O2P/c1-21(19-30(33)31(4,5)27-15-17-28(34)18-16-27)25-13-11-24(12-14-25)20-29(32)23(3)22(2)26-9-7-6-8-10-26/h6-11,13-18,22-24H,1,12,19-20,34H2,2-5H3. The molecule has 0 aliphatic heterocycles. The lowest BCUT2D eigenvalue weighted by Crippen LogP contribution is -2.29. The van der Waals surface area contributed by atoms with E-state index in [1.165, 1.54) is 5.56 Å². The average molecular weight is 473 g/mol. The van der Waals surface area contributed by atoms with Gasteiger partial charge in [-0.15, -0.1) is 9.24 Å². The Balaban J connectivity index is 1.54. The van der Waals surface area contributed by atoms with Gasteiger partial charge in [0.2, 0.25) is 0 Å². The third-order valence-corrected chi connectivity index (χ3v) is 7.73. The zero-order chi connectivity index (χ0) is 24.9. The summed E-state index contributed by atoms with van der Waals surface area (Å²) in [6.45, 7) is 12.3. The minimum absolute atomic E-state index is 0.0173. The van der Waals surface area contributed by atoms with E-state index >= 15 is 0 Å². The van der Waals surface area contributed by atoms with E-state index in [4.69, 9.17) is 0 Å². The molecule has 34 heavy (non-hydrogen) atoms. The van der Waals surface area contributed by atoms with E-state index in [1.807, 2.05) is 69.3 Å². The number of carbonyl (C=O) groups is 2. The lowest BCUT2D eigenvalue weighted by atomic mass is 9.77. The van der Waals surface area contributed by atoms with Crippen LogP contribution < -0.4 is 5.30 Å². The van der Waals surface area contributed by atoms with Gasteiger partial charge in [0, 0.05) is 24.2 Å². The lowest BCUT2D eigenvalue weighted by Gasteiger charge is -2.25. The summed E-state index contributed by atoms with van der Waals surface area (Å²) in [5.74, 6) is 0.844. The minimum Gasteiger partial charge on any atom is -0.299 e. The normalized spacial score (nSPS) is 17.6. The summed E-state index contributed by atoms with van der Waals surface area (Å²) in [5, 5.41) is 1.10. The summed E-state index contributed by atoms with van der Waals surface area (Å²) in [7, 11) is 2.67. The Kier molecular flexibility index (Phi) is 8.61. The van der Waals surface area contributed by atoms with Gasteiger partial charge in [-0.25, -0.2) is 0 Å². The monoisotopic (exact) mass is 472 g/mol. The maximum atomic E-state index is 13.1. The van der Waals surface area contributed by atoms with Crippen LogP contribution in [0.1, 0.15) is 64.0 Å². The molecule has 0 spiro atoms. The number of hydrogen-bond donors (Lipinski definition) is 0. The van der Waals surface area contributed by atoms with Crippen molar-refractivity contribution in [2.45, 2.75) is 58.3 Å². The van der Waals surface area contributed by atoms with Crippen LogP contribution in [-0.2, 0) is 15.0 Å². The highest BCUT2D eigenvalue weighted by Gasteiger charge is 2.30. The quantitative estimate of drug-likeness (QED) is 0.353. The zero-order valence-corrected chi connectivity index (χ0v) is 22.0. The van der Waals surface area contributed by atoms with E-state index in [0.29, 0.717) is 18.6 Å². The van der Waals surface area contributed by atoms with Crippen molar-refractivity contribution >= 4 is 26.1 Å². The second kappa shape index (κ2) is 11.2. The number of ketones is 2. The van der Waals surface area contributed by atoms with Crippen LogP contribution in [0.4, 0.5) is 0 Å². The zero-order valence-electron chi connectivity index (χ0n) is 20.9. The van der Waals surface area contributed by atoms with E-state index in [9.17, 15) is 9.59 Å². The third-order valence-electron chi connectivity index (χ3n) is 7.35. The first-order valence-corrected chi connectivity index (χ1v) is 12.7. The first-order valence-electron chi connectivity index (χ1n) is 12.1. The van der Waals surface area contributed by atoms with Gasteiger partial charge in [0.05, 0.1) is 0 Å². The van der Waals surface area contributed by atoms with Gasteiger partial charge in [-0.05, 0) is 59.7 Å². The molecule has 4 atom stereocenters. The van der Waals surface area contributed by atoms with Crippen molar-refractivity contribution in [1.29, 1.82) is 0 Å². The maximum Gasteiger partial charge on any atom is 0.147 e. The summed E-state index contributed by atoms with van der Waals surface area (Å²) in [6.07, 6.45) is 7.96. The van der Waals surface area contributed by atoms with Crippen molar-refractivity contribution in [3.8, 4) is 0 Å². The van der Waals surface area contributed by atoms with Crippen LogP contribution >= 0.6 is 9.24 Å². The number of carbonyl (C=O) groups excluding carboxylic acids is 2. The van der Waals surface area contributed by atoms with E-state index in [-0.39, 0.29) is 23.5 Å². The van der Waals surface area contributed by atoms with Gasteiger partial charge >= 0.3 is 0 Å². The summed E-state index contributed by atoms with van der Waals surface area (Å²) >= 11 is 0. The highest BCUT2D eigenvalue weighted by Crippen LogP contribution is 2.32. The Bertz CT molecular complexity index is 1090. The molecule has 3 heteroatoms. The predicted molar refractivity (Wildman–Crippen MR) is 147 cm³/mol. The molecular weight excluding hydrogens is 435 g/mol. The van der Waals surface area contributed by atoms with Gasteiger partial charge in [0.1, 0.15) is 11.6 Å². The highest BCUT2D eigenvalue weighted by atomic mass is 31.0. The van der Waals surface area contributed by atoms with Crippen molar-refractivity contribution in [2.75, 3.05) is 0 Å². The van der Waals surface area contributed by atoms with Gasteiger partial charge in [-0.1, -0.05) is 93.3 Å². The van der Waals surface area contributed by atoms with E-state index < -0.39 is 5.41 Å². The third kappa shape index (κ3) is 6.30. The fraction of sp³-hybridized carbons (Fsp3) is 0.355. The van der Waals surface area contributed by atoms with Gasteiger partial charge in [-0.3, -0.25) is 9.59 Å². The number of Topliss-reactive ketones (excluding diaryl/α,β-unsaturated/α-hetero) is 2. The number of benzene rings is 2. The average Bonchev–Trinajstić information content (AvgIpc) is 2.84. The molecule has 0 aromatic heterocycles. The lowest BCUT2D eigenvalue weighted by molar-refractivity contribution is -0.124. The molecule has 0 saturated heterocycles. The van der Waals surface area contributed by atoms with Crippen LogP contribution in [0.15, 0.2) is 90.6 Å². The fourth-order valence-electron chi connectivity index (χ4n) is 4.42. The van der Waals surface area contributed by atoms with E-state index in [1.54, 1.807) is 0 Å². The second-order valence-corrected chi connectivity index (χ2v) is 10.8. The first-order chi connectivity index (χ1) is 16.1. The molecule has 0 heterocycles. The molecule has 0 saturated carbocycles. The highest BCUT2D eigenvalue weighted by molar-refractivity contribution is 7.27. The Labute approximate surface area is 207 Å². The Morgan fingerprint density at radius 1 is 1.06 bits per heavy atom. The van der Waals surface area contributed by atoms with Gasteiger partial charge in [0.15, 0.2) is 0 Å². The predicted octanol–water partition coefficient (Wildman–Crippen LogP) is 6.88. The molecule has 2 aromatic carbocycles. The maximum absolute atomic E-state index is 13.1. The van der Waals surface area contributed by atoms with Crippen molar-refractivity contribution in [3.05, 3.63) is 102 Å². The minimum atomic E-state index is -0.569. The molecule has 4 unspecified atom stereocenters. The number of hydrogen-bond acceptors (Lipinski definition) is 2. The van der Waals surface area contributed by atoms with Gasteiger partial charge < -0.3 is 0 Å². The van der Waals surface area contributed by atoms with Gasteiger partial charge in [0.25, 0.3) is 0 Å². The van der Waals surface area contributed by atoms with Crippen molar-refractivity contribution < 1.29 is 9.59 Å². The smallest absolute Gasteiger partial charge is 0.147 e. The second-order valence-electron chi connectivity index (χ2n) is 10.1. The molecule has 3 rings (SSSR count). The van der Waals surface area contributed by atoms with E-state index in [0.717, 1.165) is 28.4 Å². The molecule has 0 amide bonds. The number of rotatable bonds is 10. The Hall–Kier alpha value is -2.57. The summed E-state index contributed by atoms with van der Waals surface area (Å²) in [4.78, 5) is 26.0. The first kappa shape index (κ1) is 26.0. The topological polar surface area (TPSA) is 34.1 Å². The van der Waals surface area contributed by atoms with Crippen LogP contribution in [0.3, 0.4) is 0 Å². The van der Waals surface area contributed by atoms with Crippen molar-refractivity contribution in [3.63, 3.8) is 0 Å². The molecular formula is C31H37O2P. The summed E-state index contributed by atoms with van der Waals surface area (Å²) in [6, 6.07) is 18.3. The molecule has 0 N–H and O–H groups in total. The largest absolute Gasteiger partial charge is 0.299 e. The summed E-state index contributed by atoms with van der Waals surface area (Å²) in [5.41, 5.74) is 3.51. The molecule has 2 aromatic rings. The molecule has 0 fully saturated rings. The van der Waals surface area contributed by atoms with Crippen LogP contribution in [0.2, 0.25) is 0 Å². The molecule has 0 radical (unpaired) electrons. The molecule has 2 nitrogen and oxygen atoms in total. The number of allylic oxidation sites excluding steroid dienone is 5. The molecule has 0 bridgehead atoms. The van der Waals surface area contributed by atoms with Crippen LogP contribution in [0.25, 0.3) is 0 Å². The molecule has 1 aliphatic carbocycles. The summed E-state index contributed by atoms with van der Waals surface area (Å²) < 4.78 is 0.